The summed E-state index contributed by atoms with van der Waals surface area (Å²) in [7, 11) is 0. The Labute approximate surface area is 118 Å². The second-order valence-electron chi connectivity index (χ2n) is 4.43. The summed E-state index contributed by atoms with van der Waals surface area (Å²) in [4.78, 5) is 27.6. The minimum Gasteiger partial charge on any atom is -0.372 e. The van der Waals surface area contributed by atoms with Crippen LogP contribution < -0.4 is 11.4 Å². The van der Waals surface area contributed by atoms with Crippen molar-refractivity contribution in [2.75, 3.05) is 0 Å². The van der Waals surface area contributed by atoms with E-state index in [0.29, 0.717) is 5.56 Å². The van der Waals surface area contributed by atoms with Crippen molar-refractivity contribution in [1.29, 1.82) is 5.26 Å². The van der Waals surface area contributed by atoms with E-state index in [2.05, 4.69) is 4.98 Å². The molecule has 0 amide bonds. The van der Waals surface area contributed by atoms with Gasteiger partial charge in [0.15, 0.2) is 5.65 Å². The van der Waals surface area contributed by atoms with Gasteiger partial charge in [0.25, 0.3) is 0 Å². The Morgan fingerprint density at radius 2 is 2.10 bits per heavy atom. The molecular formula is C15H9N3O3. The third kappa shape index (κ3) is 2.32. The van der Waals surface area contributed by atoms with Crippen molar-refractivity contribution in [3.8, 4) is 6.07 Å². The molecule has 102 valence electrons. The zero-order valence-electron chi connectivity index (χ0n) is 10.8. The van der Waals surface area contributed by atoms with Gasteiger partial charge < -0.3 is 4.42 Å². The molecule has 3 rings (SSSR count). The SMILES string of the molecule is N#Cc1cccc(Cn2c(=O)oc(=O)c3cccnc32)c1. The molecule has 1 aromatic carbocycles. The number of nitriles is 1. The smallest absolute Gasteiger partial charge is 0.372 e. The molecule has 0 N–H and O–H groups in total. The van der Waals surface area contributed by atoms with E-state index in [9.17, 15) is 9.59 Å². The standard InChI is InChI=1S/C15H9N3O3/c16-8-10-3-1-4-11(7-10)9-18-13-12(5-2-6-17-13)14(19)21-15(18)20/h1-7H,9H2. The van der Waals surface area contributed by atoms with Crippen LogP contribution in [-0.4, -0.2) is 9.55 Å². The third-order valence-corrected chi connectivity index (χ3v) is 3.06. The molecule has 2 aromatic heterocycles. The first-order valence-electron chi connectivity index (χ1n) is 6.17. The fraction of sp³-hybridized carbons (Fsp3) is 0.0667. The quantitative estimate of drug-likeness (QED) is 0.704. The van der Waals surface area contributed by atoms with Gasteiger partial charge in [-0.1, -0.05) is 12.1 Å². The Bertz CT molecular complexity index is 980. The molecule has 21 heavy (non-hydrogen) atoms. The third-order valence-electron chi connectivity index (χ3n) is 3.06. The van der Waals surface area contributed by atoms with Crippen molar-refractivity contribution in [3.63, 3.8) is 0 Å². The maximum atomic E-state index is 11.9. The number of hydrogen-bond donors (Lipinski definition) is 0. The number of rotatable bonds is 2. The van der Waals surface area contributed by atoms with Gasteiger partial charge in [-0.05, 0) is 29.8 Å². The zero-order valence-corrected chi connectivity index (χ0v) is 10.8. The lowest BCUT2D eigenvalue weighted by molar-refractivity contribution is 0.423. The van der Waals surface area contributed by atoms with Gasteiger partial charge in [0.1, 0.15) is 5.39 Å². The molecule has 0 saturated carbocycles. The Kier molecular flexibility index (Phi) is 3.09. The highest BCUT2D eigenvalue weighted by Gasteiger charge is 2.10. The summed E-state index contributed by atoms with van der Waals surface area (Å²) in [5.74, 6) is -0.770. The van der Waals surface area contributed by atoms with Gasteiger partial charge in [-0.15, -0.1) is 0 Å². The number of benzene rings is 1. The van der Waals surface area contributed by atoms with Crippen molar-refractivity contribution >= 4 is 11.0 Å². The Morgan fingerprint density at radius 3 is 2.90 bits per heavy atom. The van der Waals surface area contributed by atoms with Crippen LogP contribution in [0.2, 0.25) is 0 Å². The van der Waals surface area contributed by atoms with E-state index in [-0.39, 0.29) is 17.6 Å². The molecule has 3 aromatic rings. The summed E-state index contributed by atoms with van der Waals surface area (Å²) in [6.07, 6.45) is 1.50. The van der Waals surface area contributed by atoms with E-state index in [1.54, 1.807) is 36.4 Å². The van der Waals surface area contributed by atoms with Gasteiger partial charge in [-0.2, -0.15) is 5.26 Å². The first kappa shape index (κ1) is 12.8. The maximum Gasteiger partial charge on any atom is 0.423 e. The van der Waals surface area contributed by atoms with Crippen LogP contribution in [0.1, 0.15) is 11.1 Å². The second-order valence-corrected chi connectivity index (χ2v) is 4.43. The number of pyridine rings is 1. The second kappa shape index (κ2) is 5.06. The predicted octanol–water partition coefficient (Wildman–Crippen LogP) is 1.27. The Hall–Kier alpha value is -3.20. The lowest BCUT2D eigenvalue weighted by atomic mass is 10.1. The molecule has 0 aliphatic carbocycles. The van der Waals surface area contributed by atoms with Crippen LogP contribution in [0.5, 0.6) is 0 Å². The number of hydrogen-bond acceptors (Lipinski definition) is 5. The monoisotopic (exact) mass is 279 g/mol. The summed E-state index contributed by atoms with van der Waals surface area (Å²) in [5, 5.41) is 9.14. The van der Waals surface area contributed by atoms with Crippen LogP contribution >= 0.6 is 0 Å². The summed E-state index contributed by atoms with van der Waals surface area (Å²) < 4.78 is 5.97. The van der Waals surface area contributed by atoms with Gasteiger partial charge >= 0.3 is 11.4 Å². The van der Waals surface area contributed by atoms with Crippen molar-refractivity contribution in [2.45, 2.75) is 6.54 Å². The van der Waals surface area contributed by atoms with Gasteiger partial charge in [-0.3, -0.25) is 4.57 Å². The average Bonchev–Trinajstić information content (AvgIpc) is 2.51. The lowest BCUT2D eigenvalue weighted by Gasteiger charge is -2.07. The van der Waals surface area contributed by atoms with Crippen molar-refractivity contribution in [2.24, 2.45) is 0 Å². The lowest BCUT2D eigenvalue weighted by Crippen LogP contribution is -2.26. The van der Waals surface area contributed by atoms with Crippen molar-refractivity contribution in [3.05, 3.63) is 74.7 Å². The van der Waals surface area contributed by atoms with Crippen molar-refractivity contribution in [1.82, 2.24) is 9.55 Å². The molecule has 2 heterocycles. The number of fused-ring (bicyclic) bond motifs is 1. The highest BCUT2D eigenvalue weighted by atomic mass is 16.4. The van der Waals surface area contributed by atoms with E-state index in [0.717, 1.165) is 5.56 Å². The molecular weight excluding hydrogens is 270 g/mol. The van der Waals surface area contributed by atoms with E-state index in [1.807, 2.05) is 6.07 Å². The summed E-state index contributed by atoms with van der Waals surface area (Å²) in [5.41, 5.74) is 0.804. The van der Waals surface area contributed by atoms with Gasteiger partial charge in [0.05, 0.1) is 18.2 Å². The van der Waals surface area contributed by atoms with E-state index in [4.69, 9.17) is 9.68 Å². The van der Waals surface area contributed by atoms with Crippen molar-refractivity contribution < 1.29 is 4.42 Å². The number of nitrogens with zero attached hydrogens (tertiary/aromatic N) is 3. The molecule has 0 aliphatic heterocycles. The fourth-order valence-electron chi connectivity index (χ4n) is 2.11. The molecule has 0 saturated heterocycles. The van der Waals surface area contributed by atoms with Gasteiger partial charge in [-0.25, -0.2) is 14.6 Å². The fourth-order valence-corrected chi connectivity index (χ4v) is 2.11. The topological polar surface area (TPSA) is 88.9 Å². The van der Waals surface area contributed by atoms with Gasteiger partial charge in [0, 0.05) is 6.20 Å². The first-order chi connectivity index (χ1) is 10.2. The highest BCUT2D eigenvalue weighted by molar-refractivity contribution is 5.72. The molecule has 6 heteroatoms. The molecule has 0 atom stereocenters. The zero-order chi connectivity index (χ0) is 14.8. The van der Waals surface area contributed by atoms with Crippen LogP contribution in [0.3, 0.4) is 0 Å². The minimum atomic E-state index is -0.770. The largest absolute Gasteiger partial charge is 0.423 e. The summed E-state index contributed by atoms with van der Waals surface area (Å²) >= 11 is 0. The van der Waals surface area contributed by atoms with Crippen LogP contribution in [0, 0.1) is 11.3 Å². The minimum absolute atomic E-state index is 0.172. The van der Waals surface area contributed by atoms with Crippen LogP contribution in [0.4, 0.5) is 0 Å². The first-order valence-corrected chi connectivity index (χ1v) is 6.17. The molecule has 0 spiro atoms. The normalized spacial score (nSPS) is 10.4. The molecule has 0 unspecified atom stereocenters. The summed E-state index contributed by atoms with van der Waals surface area (Å²) in [6, 6.07) is 12.1. The molecule has 0 fully saturated rings. The maximum absolute atomic E-state index is 11.9. The van der Waals surface area contributed by atoms with E-state index >= 15 is 0 Å². The molecule has 0 aliphatic rings. The highest BCUT2D eigenvalue weighted by Crippen LogP contribution is 2.09. The molecule has 0 radical (unpaired) electrons. The molecule has 0 bridgehead atoms. The van der Waals surface area contributed by atoms with E-state index < -0.39 is 11.4 Å². The Morgan fingerprint density at radius 1 is 1.24 bits per heavy atom. The average molecular weight is 279 g/mol. The predicted molar refractivity (Wildman–Crippen MR) is 74.8 cm³/mol. The van der Waals surface area contributed by atoms with Crippen LogP contribution in [-0.2, 0) is 6.54 Å². The number of aromatic nitrogens is 2. The van der Waals surface area contributed by atoms with E-state index in [1.165, 1.54) is 10.8 Å². The Balaban J connectivity index is 2.19. The van der Waals surface area contributed by atoms with Crippen LogP contribution in [0.25, 0.3) is 11.0 Å². The van der Waals surface area contributed by atoms with Gasteiger partial charge in [0.2, 0.25) is 0 Å². The summed E-state index contributed by atoms with van der Waals surface area (Å²) in [6.45, 7) is 0.172. The van der Waals surface area contributed by atoms with Crippen LogP contribution in [0.15, 0.2) is 56.6 Å². The molecule has 6 nitrogen and oxygen atoms in total.